The van der Waals surface area contributed by atoms with E-state index in [9.17, 15) is 18.0 Å². The van der Waals surface area contributed by atoms with Crippen LogP contribution in [-0.4, -0.2) is 37.1 Å². The Morgan fingerprint density at radius 1 is 1.29 bits per heavy atom. The summed E-state index contributed by atoms with van der Waals surface area (Å²) in [5.74, 6) is -1.10. The number of nitrogens with one attached hydrogen (secondary N) is 1. The zero-order valence-corrected chi connectivity index (χ0v) is 16.4. The van der Waals surface area contributed by atoms with Crippen LogP contribution in [0.1, 0.15) is 61.3 Å². The number of Topliss-reactive ketones (excluding diaryl/α,β-unsaturated/α-hetero) is 1. The van der Waals surface area contributed by atoms with Crippen LogP contribution in [-0.2, 0) is 24.3 Å². The lowest BCUT2D eigenvalue weighted by Crippen LogP contribution is -2.50. The zero-order chi connectivity index (χ0) is 18.7. The SMILES string of the molecule is CC(NS(=O)(=O)C1C(=O)C2(C)CCC1C2(C)C)C(=O)OC(C)(C)C. The molecule has 7 heteroatoms. The molecule has 6 nitrogen and oxygen atoms in total. The summed E-state index contributed by atoms with van der Waals surface area (Å²) in [6, 6.07) is -1.03. The number of ether oxygens (including phenoxy) is 1. The summed E-state index contributed by atoms with van der Waals surface area (Å²) in [7, 11) is -3.95. The fourth-order valence-corrected chi connectivity index (χ4v) is 6.31. The highest BCUT2D eigenvalue weighted by atomic mass is 32.2. The molecular weight excluding hydrogens is 330 g/mol. The number of sulfonamides is 1. The largest absolute Gasteiger partial charge is 0.459 e. The second-order valence-corrected chi connectivity index (χ2v) is 10.7. The van der Waals surface area contributed by atoms with E-state index >= 15 is 0 Å². The van der Waals surface area contributed by atoms with Gasteiger partial charge in [-0.1, -0.05) is 20.8 Å². The molecule has 0 saturated heterocycles. The first-order valence-corrected chi connectivity index (χ1v) is 9.96. The average Bonchev–Trinajstić information content (AvgIpc) is 2.68. The number of hydrogen-bond donors (Lipinski definition) is 1. The third-order valence-corrected chi connectivity index (χ3v) is 7.80. The molecule has 2 bridgehead atoms. The van der Waals surface area contributed by atoms with Gasteiger partial charge in [-0.05, 0) is 51.9 Å². The van der Waals surface area contributed by atoms with Crippen molar-refractivity contribution >= 4 is 21.8 Å². The van der Waals surface area contributed by atoms with Crippen LogP contribution in [0.25, 0.3) is 0 Å². The highest BCUT2D eigenvalue weighted by Crippen LogP contribution is 2.64. The summed E-state index contributed by atoms with van der Waals surface area (Å²) in [5, 5.41) is -1.09. The van der Waals surface area contributed by atoms with Crippen molar-refractivity contribution in [3.8, 4) is 0 Å². The average molecular weight is 359 g/mol. The van der Waals surface area contributed by atoms with E-state index in [2.05, 4.69) is 4.72 Å². The minimum absolute atomic E-state index is 0.224. The molecule has 4 atom stereocenters. The summed E-state index contributed by atoms with van der Waals surface area (Å²) >= 11 is 0. The summed E-state index contributed by atoms with van der Waals surface area (Å²) in [5.41, 5.74) is -1.68. The Hall–Kier alpha value is -0.950. The molecule has 0 aromatic rings. The maximum absolute atomic E-state index is 12.8. The Balaban J connectivity index is 2.21. The summed E-state index contributed by atoms with van der Waals surface area (Å²) in [6.45, 7) is 12.4. The standard InChI is InChI=1S/C17H29NO5S/c1-10(14(20)23-15(2,3)4)18-24(21,22)12-11-8-9-17(7,13(12)19)16(11,5)6/h10-12,18H,8-9H2,1-7H3. The maximum atomic E-state index is 12.8. The molecule has 0 heterocycles. The van der Waals surface area contributed by atoms with Gasteiger partial charge in [-0.15, -0.1) is 0 Å². The molecule has 0 amide bonds. The lowest BCUT2D eigenvalue weighted by molar-refractivity contribution is -0.156. The lowest BCUT2D eigenvalue weighted by atomic mass is 9.70. The van der Waals surface area contributed by atoms with Gasteiger partial charge in [0, 0.05) is 5.41 Å². The molecule has 2 rings (SSSR count). The molecule has 2 fully saturated rings. The van der Waals surface area contributed by atoms with Crippen LogP contribution in [0.4, 0.5) is 0 Å². The van der Waals surface area contributed by atoms with E-state index in [4.69, 9.17) is 4.74 Å². The Bertz CT molecular complexity index is 661. The van der Waals surface area contributed by atoms with Crippen molar-refractivity contribution in [3.05, 3.63) is 0 Å². The predicted octanol–water partition coefficient (Wildman–Crippen LogP) is 2.03. The number of carbonyl (C=O) groups excluding carboxylic acids is 2. The second kappa shape index (κ2) is 5.53. The minimum Gasteiger partial charge on any atom is -0.459 e. The molecule has 0 aromatic carbocycles. The van der Waals surface area contributed by atoms with Gasteiger partial charge in [0.15, 0.2) is 5.78 Å². The first-order valence-electron chi connectivity index (χ1n) is 8.42. The van der Waals surface area contributed by atoms with Crippen molar-refractivity contribution in [2.24, 2.45) is 16.7 Å². The minimum atomic E-state index is -3.95. The molecule has 1 N–H and O–H groups in total. The monoisotopic (exact) mass is 359 g/mol. The molecule has 138 valence electrons. The van der Waals surface area contributed by atoms with Crippen LogP contribution in [0.5, 0.6) is 0 Å². The van der Waals surface area contributed by atoms with E-state index in [1.54, 1.807) is 20.8 Å². The van der Waals surface area contributed by atoms with E-state index in [-0.39, 0.29) is 17.1 Å². The molecule has 2 aliphatic carbocycles. The van der Waals surface area contributed by atoms with Crippen LogP contribution in [0.2, 0.25) is 0 Å². The van der Waals surface area contributed by atoms with Gasteiger partial charge in [0.05, 0.1) is 0 Å². The number of fused-ring (bicyclic) bond motifs is 2. The predicted molar refractivity (Wildman–Crippen MR) is 90.8 cm³/mol. The molecule has 24 heavy (non-hydrogen) atoms. The number of carbonyl (C=O) groups is 2. The maximum Gasteiger partial charge on any atom is 0.324 e. The number of rotatable bonds is 4. The highest BCUT2D eigenvalue weighted by Gasteiger charge is 2.69. The van der Waals surface area contributed by atoms with Crippen LogP contribution < -0.4 is 4.72 Å². The molecule has 0 aromatic heterocycles. The van der Waals surface area contributed by atoms with Crippen molar-refractivity contribution in [1.29, 1.82) is 0 Å². The van der Waals surface area contributed by atoms with Crippen LogP contribution in [0.3, 0.4) is 0 Å². The smallest absolute Gasteiger partial charge is 0.324 e. The zero-order valence-electron chi connectivity index (χ0n) is 15.6. The Morgan fingerprint density at radius 2 is 1.83 bits per heavy atom. The van der Waals surface area contributed by atoms with Gasteiger partial charge >= 0.3 is 5.97 Å². The Kier molecular flexibility index (Phi) is 4.46. The third-order valence-electron chi connectivity index (χ3n) is 5.91. The first kappa shape index (κ1) is 19.4. The van der Waals surface area contributed by atoms with E-state index in [0.717, 1.165) is 6.42 Å². The number of ketones is 1. The van der Waals surface area contributed by atoms with Crippen LogP contribution in [0, 0.1) is 16.7 Å². The van der Waals surface area contributed by atoms with Gasteiger partial charge in [0.1, 0.15) is 16.9 Å². The summed E-state index contributed by atoms with van der Waals surface area (Å²) in [4.78, 5) is 24.8. The van der Waals surface area contributed by atoms with Crippen molar-refractivity contribution in [1.82, 2.24) is 4.72 Å². The molecule has 2 saturated carbocycles. The van der Waals surface area contributed by atoms with Crippen molar-refractivity contribution in [2.75, 3.05) is 0 Å². The molecule has 0 radical (unpaired) electrons. The Morgan fingerprint density at radius 3 is 2.25 bits per heavy atom. The first-order chi connectivity index (χ1) is 10.6. The Labute approximate surface area is 144 Å². The topological polar surface area (TPSA) is 89.5 Å². The van der Waals surface area contributed by atoms with E-state index in [1.807, 2.05) is 20.8 Å². The van der Waals surface area contributed by atoms with Gasteiger partial charge < -0.3 is 4.74 Å². The lowest BCUT2D eigenvalue weighted by Gasteiger charge is -2.32. The quantitative estimate of drug-likeness (QED) is 0.776. The third kappa shape index (κ3) is 2.90. The van der Waals surface area contributed by atoms with Gasteiger partial charge in [-0.2, -0.15) is 0 Å². The normalized spacial score (nSPS) is 33.5. The van der Waals surface area contributed by atoms with Gasteiger partial charge in [-0.3, -0.25) is 9.59 Å². The highest BCUT2D eigenvalue weighted by molar-refractivity contribution is 7.91. The van der Waals surface area contributed by atoms with Crippen LogP contribution in [0.15, 0.2) is 0 Å². The van der Waals surface area contributed by atoms with E-state index < -0.39 is 38.3 Å². The summed E-state index contributed by atoms with van der Waals surface area (Å²) < 4.78 is 33.2. The molecule has 2 aliphatic rings. The molecule has 0 spiro atoms. The fourth-order valence-electron chi connectivity index (χ4n) is 4.12. The number of hydrogen-bond acceptors (Lipinski definition) is 5. The molecule has 4 unspecified atom stereocenters. The van der Waals surface area contributed by atoms with Crippen molar-refractivity contribution < 1.29 is 22.7 Å². The second-order valence-electron chi connectivity index (χ2n) is 8.90. The van der Waals surface area contributed by atoms with Crippen molar-refractivity contribution in [2.45, 2.75) is 78.2 Å². The van der Waals surface area contributed by atoms with Crippen LogP contribution >= 0.6 is 0 Å². The van der Waals surface area contributed by atoms with Crippen molar-refractivity contribution in [3.63, 3.8) is 0 Å². The van der Waals surface area contributed by atoms with Gasteiger partial charge in [0.25, 0.3) is 0 Å². The van der Waals surface area contributed by atoms with Gasteiger partial charge in [-0.25, -0.2) is 13.1 Å². The number of esters is 1. The van der Waals surface area contributed by atoms with E-state index in [1.165, 1.54) is 6.92 Å². The molecule has 0 aliphatic heterocycles. The van der Waals surface area contributed by atoms with E-state index in [0.29, 0.717) is 6.42 Å². The molecular formula is C17H29NO5S. The van der Waals surface area contributed by atoms with Gasteiger partial charge in [0.2, 0.25) is 10.0 Å². The summed E-state index contributed by atoms with van der Waals surface area (Å²) in [6.07, 6.45) is 1.43. The fraction of sp³-hybridized carbons (Fsp3) is 0.882.